The molecule has 0 N–H and O–H groups in total. The van der Waals surface area contributed by atoms with Gasteiger partial charge in [-0.2, -0.15) is 0 Å². The summed E-state index contributed by atoms with van der Waals surface area (Å²) in [6.45, 7) is 7.63. The summed E-state index contributed by atoms with van der Waals surface area (Å²) in [5.41, 5.74) is 0. The summed E-state index contributed by atoms with van der Waals surface area (Å²) in [6, 6.07) is 0. The summed E-state index contributed by atoms with van der Waals surface area (Å²) in [5.74, 6) is 0. The highest BCUT2D eigenvalue weighted by Gasteiger charge is 2.42. The van der Waals surface area contributed by atoms with Crippen LogP contribution in [0.4, 0.5) is 0 Å². The largest absolute Gasteiger partial charge is 0.286 e. The molecule has 1 fully saturated rings. The smallest absolute Gasteiger partial charge is 0.270 e. The van der Waals surface area contributed by atoms with Gasteiger partial charge in [0.2, 0.25) is 0 Å². The fourth-order valence-electron chi connectivity index (χ4n) is 1.83. The molecule has 0 unspecified atom stereocenters. The van der Waals surface area contributed by atoms with E-state index in [4.69, 9.17) is 0 Å². The first-order valence-corrected chi connectivity index (χ1v) is 6.42. The number of rotatable bonds is 3. The summed E-state index contributed by atoms with van der Waals surface area (Å²) in [4.78, 5) is 0. The highest BCUT2D eigenvalue weighted by molar-refractivity contribution is 7.56. The lowest BCUT2D eigenvalue weighted by Crippen LogP contribution is -2.30. The third-order valence-corrected chi connectivity index (χ3v) is 6.22. The van der Waals surface area contributed by atoms with Crippen LogP contribution in [0.25, 0.3) is 0 Å². The molecule has 0 aliphatic carbocycles. The molecule has 0 aromatic rings. The zero-order valence-corrected chi connectivity index (χ0v) is 9.92. The minimum absolute atomic E-state index is 0.850. The molecule has 1 rings (SSSR count). The second kappa shape index (κ2) is 4.09. The van der Waals surface area contributed by atoms with Crippen LogP contribution in [0.3, 0.4) is 0 Å². The predicted molar refractivity (Wildman–Crippen MR) is 55.8 cm³/mol. The zero-order valence-electron chi connectivity index (χ0n) is 9.03. The van der Waals surface area contributed by atoms with Crippen molar-refractivity contribution in [1.82, 2.24) is 14.0 Å². The molecule has 0 bridgehead atoms. The van der Waals surface area contributed by atoms with Gasteiger partial charge in [0, 0.05) is 26.2 Å². The summed E-state index contributed by atoms with van der Waals surface area (Å²) >= 11 is 0. The molecule has 78 valence electrons. The van der Waals surface area contributed by atoms with E-state index < -0.39 is 7.59 Å². The van der Waals surface area contributed by atoms with Crippen molar-refractivity contribution in [2.24, 2.45) is 0 Å². The van der Waals surface area contributed by atoms with Gasteiger partial charge in [0.1, 0.15) is 0 Å². The Morgan fingerprint density at radius 3 is 1.85 bits per heavy atom. The molecule has 0 atom stereocenters. The van der Waals surface area contributed by atoms with Crippen LogP contribution in [-0.2, 0) is 4.57 Å². The molecular weight excluding hydrogens is 185 g/mol. The van der Waals surface area contributed by atoms with Gasteiger partial charge in [0.25, 0.3) is 7.59 Å². The average Bonchev–Trinajstić information content (AvgIpc) is 2.36. The standard InChI is InChI=1S/C8H20N3OP/c1-5-11(6-2)13(12)9(3)7-8-10(13)4/h5-8H2,1-4H3. The third kappa shape index (κ3) is 1.68. The molecular formula is C8H20N3OP. The SMILES string of the molecule is CCN(CC)P1(=O)N(C)CCN1C. The van der Waals surface area contributed by atoms with Crippen molar-refractivity contribution < 1.29 is 4.57 Å². The van der Waals surface area contributed by atoms with E-state index in [0.29, 0.717) is 0 Å². The second-order valence-corrected chi connectivity index (χ2v) is 6.37. The van der Waals surface area contributed by atoms with E-state index >= 15 is 0 Å². The Kier molecular flexibility index (Phi) is 3.52. The molecule has 0 saturated carbocycles. The first kappa shape index (κ1) is 11.2. The van der Waals surface area contributed by atoms with Crippen LogP contribution < -0.4 is 0 Å². The van der Waals surface area contributed by atoms with Gasteiger partial charge in [-0.15, -0.1) is 0 Å². The Morgan fingerprint density at radius 2 is 1.54 bits per heavy atom. The van der Waals surface area contributed by atoms with Crippen LogP contribution in [0, 0.1) is 0 Å². The minimum Gasteiger partial charge on any atom is -0.270 e. The first-order valence-electron chi connectivity index (χ1n) is 4.86. The van der Waals surface area contributed by atoms with Crippen molar-refractivity contribution in [3.63, 3.8) is 0 Å². The molecule has 0 aromatic carbocycles. The van der Waals surface area contributed by atoms with Gasteiger partial charge in [0.15, 0.2) is 0 Å². The molecule has 13 heavy (non-hydrogen) atoms. The Hall–Kier alpha value is 0.110. The number of likely N-dealkylation sites (N-methyl/N-ethyl adjacent to an activating group) is 2. The van der Waals surface area contributed by atoms with Crippen molar-refractivity contribution in [2.45, 2.75) is 13.8 Å². The normalized spacial score (nSPS) is 24.4. The maximum Gasteiger partial charge on any atom is 0.286 e. The van der Waals surface area contributed by atoms with Gasteiger partial charge in [-0.25, -0.2) is 14.0 Å². The molecule has 1 aliphatic rings. The van der Waals surface area contributed by atoms with Crippen molar-refractivity contribution in [3.8, 4) is 0 Å². The van der Waals surface area contributed by atoms with Crippen molar-refractivity contribution in [3.05, 3.63) is 0 Å². The molecule has 1 saturated heterocycles. The van der Waals surface area contributed by atoms with Gasteiger partial charge in [-0.1, -0.05) is 13.8 Å². The van der Waals surface area contributed by atoms with Crippen LogP contribution in [0.1, 0.15) is 13.8 Å². The van der Waals surface area contributed by atoms with E-state index in [1.165, 1.54) is 0 Å². The summed E-state index contributed by atoms with van der Waals surface area (Å²) in [7, 11) is 1.53. The Morgan fingerprint density at radius 1 is 1.15 bits per heavy atom. The van der Waals surface area contributed by atoms with Gasteiger partial charge >= 0.3 is 0 Å². The van der Waals surface area contributed by atoms with Crippen LogP contribution in [0.2, 0.25) is 0 Å². The molecule has 1 heterocycles. The van der Waals surface area contributed by atoms with Crippen molar-refractivity contribution >= 4 is 7.59 Å². The van der Waals surface area contributed by atoms with Crippen LogP contribution in [0.15, 0.2) is 0 Å². The maximum atomic E-state index is 12.6. The van der Waals surface area contributed by atoms with E-state index in [9.17, 15) is 4.57 Å². The monoisotopic (exact) mass is 205 g/mol. The Balaban J connectivity index is 2.89. The lowest BCUT2D eigenvalue weighted by atomic mass is 10.6. The fraction of sp³-hybridized carbons (Fsp3) is 1.00. The highest BCUT2D eigenvalue weighted by atomic mass is 31.2. The quantitative estimate of drug-likeness (QED) is 0.649. The van der Waals surface area contributed by atoms with E-state index in [0.717, 1.165) is 26.2 Å². The summed E-state index contributed by atoms with van der Waals surface area (Å²) in [6.07, 6.45) is 0. The van der Waals surface area contributed by atoms with E-state index in [-0.39, 0.29) is 0 Å². The Bertz CT molecular complexity index is 203. The summed E-state index contributed by atoms with van der Waals surface area (Å²) in [5, 5.41) is 0. The number of hydrogen-bond acceptors (Lipinski definition) is 1. The fourth-order valence-corrected chi connectivity index (χ4v) is 4.66. The highest BCUT2D eigenvalue weighted by Crippen LogP contribution is 2.57. The molecule has 4 nitrogen and oxygen atoms in total. The maximum absolute atomic E-state index is 12.6. The van der Waals surface area contributed by atoms with Gasteiger partial charge in [-0.3, -0.25) is 4.57 Å². The van der Waals surface area contributed by atoms with E-state index in [1.54, 1.807) is 0 Å². The van der Waals surface area contributed by atoms with Crippen LogP contribution in [0.5, 0.6) is 0 Å². The summed E-state index contributed by atoms with van der Waals surface area (Å²) < 4.78 is 18.6. The lowest BCUT2D eigenvalue weighted by molar-refractivity contribution is 0.369. The van der Waals surface area contributed by atoms with Gasteiger partial charge < -0.3 is 0 Å². The molecule has 0 spiro atoms. The van der Waals surface area contributed by atoms with Crippen molar-refractivity contribution in [1.29, 1.82) is 0 Å². The average molecular weight is 205 g/mol. The zero-order chi connectivity index (χ0) is 10.1. The van der Waals surface area contributed by atoms with Gasteiger partial charge in [-0.05, 0) is 14.1 Å². The topological polar surface area (TPSA) is 26.8 Å². The molecule has 0 radical (unpaired) electrons. The first-order chi connectivity index (χ1) is 6.07. The molecule has 0 aromatic heterocycles. The predicted octanol–water partition coefficient (Wildman–Crippen LogP) is 1.31. The van der Waals surface area contributed by atoms with Crippen LogP contribution >= 0.6 is 7.59 Å². The van der Waals surface area contributed by atoms with Crippen LogP contribution in [-0.4, -0.2) is 54.3 Å². The minimum atomic E-state index is -2.36. The van der Waals surface area contributed by atoms with Crippen molar-refractivity contribution in [2.75, 3.05) is 40.3 Å². The Labute approximate surface area is 81.0 Å². The second-order valence-electron chi connectivity index (χ2n) is 3.41. The number of hydrogen-bond donors (Lipinski definition) is 0. The third-order valence-electron chi connectivity index (χ3n) is 2.74. The molecule has 0 amide bonds. The van der Waals surface area contributed by atoms with E-state index in [2.05, 4.69) is 18.5 Å². The lowest BCUT2D eigenvalue weighted by Gasteiger charge is -2.34. The molecule has 1 aliphatic heterocycles. The molecule has 5 heteroatoms. The number of nitrogens with zero attached hydrogens (tertiary/aromatic N) is 3. The van der Waals surface area contributed by atoms with E-state index in [1.807, 2.05) is 23.4 Å². The van der Waals surface area contributed by atoms with Gasteiger partial charge in [0.05, 0.1) is 0 Å².